The molecule has 2 aromatic carbocycles. The van der Waals surface area contributed by atoms with Crippen LogP contribution in [0.5, 0.6) is 0 Å². The van der Waals surface area contributed by atoms with E-state index in [-0.39, 0.29) is 0 Å². The summed E-state index contributed by atoms with van der Waals surface area (Å²) < 4.78 is 8.78. The Hall–Kier alpha value is -3.12. The van der Waals surface area contributed by atoms with Crippen molar-refractivity contribution in [2.45, 2.75) is 44.9 Å². The SMILES string of the molecule is Cc1ccc2c(oc3c(C#N)c(C4C5CC6CC(C5)CC4C6)ccc32)c1-c1cccc[n+]1C. The quantitative estimate of drug-likeness (QED) is 0.326. The Kier molecular flexibility index (Phi) is 4.07. The summed E-state index contributed by atoms with van der Waals surface area (Å²) in [7, 11) is 2.07. The molecule has 0 aliphatic heterocycles. The van der Waals surface area contributed by atoms with Gasteiger partial charge in [0.15, 0.2) is 11.8 Å². The second-order valence-electron chi connectivity index (χ2n) is 10.9. The van der Waals surface area contributed by atoms with E-state index in [1.165, 1.54) is 43.2 Å². The molecule has 164 valence electrons. The molecule has 2 aromatic heterocycles. The highest BCUT2D eigenvalue weighted by Gasteiger charge is 2.49. The summed E-state index contributed by atoms with van der Waals surface area (Å²) in [5.41, 5.74) is 7.13. The third kappa shape index (κ3) is 2.70. The lowest BCUT2D eigenvalue weighted by atomic mass is 9.50. The summed E-state index contributed by atoms with van der Waals surface area (Å²) in [6, 6.07) is 17.7. The van der Waals surface area contributed by atoms with Crippen molar-refractivity contribution in [1.29, 1.82) is 5.26 Å². The number of nitrogens with zero attached hydrogens (tertiary/aromatic N) is 2. The molecule has 0 amide bonds. The molecular weight excluding hydrogens is 404 g/mol. The van der Waals surface area contributed by atoms with Crippen LogP contribution in [0.2, 0.25) is 0 Å². The average molecular weight is 434 g/mol. The van der Waals surface area contributed by atoms with E-state index < -0.39 is 0 Å². The topological polar surface area (TPSA) is 40.8 Å². The lowest BCUT2D eigenvalue weighted by molar-refractivity contribution is -0.660. The van der Waals surface area contributed by atoms with E-state index in [1.807, 2.05) is 6.07 Å². The lowest BCUT2D eigenvalue weighted by Crippen LogP contribution is -2.44. The summed E-state index contributed by atoms with van der Waals surface area (Å²) in [6.45, 7) is 2.14. The van der Waals surface area contributed by atoms with Crippen LogP contribution in [-0.4, -0.2) is 0 Å². The van der Waals surface area contributed by atoms with Crippen LogP contribution in [0.15, 0.2) is 53.1 Å². The number of hydrogen-bond acceptors (Lipinski definition) is 2. The first-order valence-electron chi connectivity index (χ1n) is 12.5. The largest absolute Gasteiger partial charge is 0.454 e. The van der Waals surface area contributed by atoms with Crippen LogP contribution in [0, 0.1) is 41.9 Å². The molecule has 3 heteroatoms. The number of furan rings is 1. The number of nitriles is 1. The zero-order valence-corrected chi connectivity index (χ0v) is 19.3. The third-order valence-electron chi connectivity index (χ3n) is 9.06. The number of aromatic nitrogens is 1. The molecule has 33 heavy (non-hydrogen) atoms. The van der Waals surface area contributed by atoms with E-state index in [0.29, 0.717) is 5.92 Å². The molecule has 0 unspecified atom stereocenters. The van der Waals surface area contributed by atoms with Crippen LogP contribution in [0.25, 0.3) is 33.2 Å². The molecule has 0 N–H and O–H groups in total. The first kappa shape index (κ1) is 19.4. The Balaban J connectivity index is 1.46. The molecule has 0 spiro atoms. The van der Waals surface area contributed by atoms with Gasteiger partial charge in [-0.3, -0.25) is 0 Å². The van der Waals surface area contributed by atoms with Crippen molar-refractivity contribution in [3.63, 3.8) is 0 Å². The molecule has 4 saturated carbocycles. The standard InChI is InChI=1S/C30H29N2O/c1-17-6-7-24-23-9-8-22(28-20-12-18-11-19(14-20)15-21(28)13-18)25(16-31)29(23)33-30(24)27(17)26-5-3-4-10-32(26)2/h3-10,18-21,28H,11-15H2,1-2H3/q+1. The van der Waals surface area contributed by atoms with Crippen LogP contribution < -0.4 is 4.57 Å². The molecule has 0 radical (unpaired) electrons. The second-order valence-corrected chi connectivity index (χ2v) is 10.9. The number of benzene rings is 2. The summed E-state index contributed by atoms with van der Waals surface area (Å²) in [6.07, 6.45) is 8.94. The van der Waals surface area contributed by atoms with Gasteiger partial charge in [0.1, 0.15) is 18.7 Å². The Bertz CT molecular complexity index is 1440. The highest BCUT2D eigenvalue weighted by atomic mass is 16.3. The van der Waals surface area contributed by atoms with Gasteiger partial charge in [0.25, 0.3) is 0 Å². The third-order valence-corrected chi connectivity index (χ3v) is 9.06. The van der Waals surface area contributed by atoms with Gasteiger partial charge in [-0.15, -0.1) is 0 Å². The highest BCUT2D eigenvalue weighted by molar-refractivity contribution is 6.11. The number of rotatable bonds is 2. The van der Waals surface area contributed by atoms with Gasteiger partial charge in [0, 0.05) is 22.9 Å². The molecule has 4 fully saturated rings. The van der Waals surface area contributed by atoms with Crippen molar-refractivity contribution in [3.8, 4) is 17.3 Å². The van der Waals surface area contributed by atoms with Gasteiger partial charge in [-0.25, -0.2) is 4.57 Å². The Labute approximate surface area is 194 Å². The maximum atomic E-state index is 10.4. The van der Waals surface area contributed by atoms with E-state index in [2.05, 4.69) is 67.2 Å². The number of aryl methyl sites for hydroxylation is 2. The number of hydrogen-bond donors (Lipinski definition) is 0. The lowest BCUT2D eigenvalue weighted by Gasteiger charge is -2.54. The second kappa shape index (κ2) is 6.94. The van der Waals surface area contributed by atoms with Crippen LogP contribution in [0.4, 0.5) is 0 Å². The Morgan fingerprint density at radius 3 is 2.27 bits per heavy atom. The van der Waals surface area contributed by atoms with E-state index in [4.69, 9.17) is 4.42 Å². The van der Waals surface area contributed by atoms with Crippen LogP contribution in [-0.2, 0) is 7.05 Å². The van der Waals surface area contributed by atoms with Gasteiger partial charge in [-0.1, -0.05) is 24.3 Å². The van der Waals surface area contributed by atoms with Gasteiger partial charge in [-0.05, 0) is 85.8 Å². The minimum Gasteiger partial charge on any atom is -0.454 e. The van der Waals surface area contributed by atoms with E-state index in [9.17, 15) is 5.26 Å². The summed E-state index contributed by atoms with van der Waals surface area (Å²) in [5.74, 6) is 3.88. The van der Waals surface area contributed by atoms with Gasteiger partial charge >= 0.3 is 0 Å². The Morgan fingerprint density at radius 2 is 1.58 bits per heavy atom. The monoisotopic (exact) mass is 433 g/mol. The van der Waals surface area contributed by atoms with Crippen LogP contribution in [0.3, 0.4) is 0 Å². The highest BCUT2D eigenvalue weighted by Crippen LogP contribution is 2.60. The van der Waals surface area contributed by atoms with Crippen molar-refractivity contribution in [1.82, 2.24) is 0 Å². The summed E-state index contributed by atoms with van der Waals surface area (Å²) >= 11 is 0. The molecule has 4 aliphatic rings. The first-order valence-corrected chi connectivity index (χ1v) is 12.5. The van der Waals surface area contributed by atoms with Crippen LogP contribution >= 0.6 is 0 Å². The van der Waals surface area contributed by atoms with Crippen molar-refractivity contribution < 1.29 is 8.98 Å². The fraction of sp³-hybridized carbons (Fsp3) is 0.400. The molecule has 8 rings (SSSR count). The summed E-state index contributed by atoms with van der Waals surface area (Å²) in [4.78, 5) is 0. The predicted octanol–water partition coefficient (Wildman–Crippen LogP) is 6.80. The van der Waals surface area contributed by atoms with Gasteiger partial charge in [-0.2, -0.15) is 5.26 Å². The molecular formula is C30H29N2O+. The van der Waals surface area contributed by atoms with Gasteiger partial charge in [0.05, 0.1) is 11.1 Å². The van der Waals surface area contributed by atoms with Crippen molar-refractivity contribution in [2.75, 3.05) is 0 Å². The average Bonchev–Trinajstić information content (AvgIpc) is 3.17. The molecule has 2 heterocycles. The molecule has 4 aliphatic carbocycles. The van der Waals surface area contributed by atoms with E-state index in [0.717, 1.165) is 62.4 Å². The fourth-order valence-electron chi connectivity index (χ4n) is 7.94. The molecule has 4 bridgehead atoms. The number of pyridine rings is 1. The zero-order valence-electron chi connectivity index (χ0n) is 19.3. The molecule has 3 nitrogen and oxygen atoms in total. The molecule has 0 atom stereocenters. The van der Waals surface area contributed by atoms with Crippen LogP contribution in [0.1, 0.15) is 54.7 Å². The molecule has 4 aromatic rings. The first-order chi connectivity index (χ1) is 16.1. The number of fused-ring (bicyclic) bond motifs is 3. The summed E-state index contributed by atoms with van der Waals surface area (Å²) in [5, 5.41) is 12.5. The van der Waals surface area contributed by atoms with E-state index >= 15 is 0 Å². The van der Waals surface area contributed by atoms with Crippen molar-refractivity contribution in [2.24, 2.45) is 30.7 Å². The predicted molar refractivity (Wildman–Crippen MR) is 130 cm³/mol. The minimum atomic E-state index is 0.526. The van der Waals surface area contributed by atoms with Crippen molar-refractivity contribution in [3.05, 3.63) is 65.4 Å². The van der Waals surface area contributed by atoms with Crippen molar-refractivity contribution >= 4 is 21.9 Å². The maximum Gasteiger partial charge on any atom is 0.216 e. The van der Waals surface area contributed by atoms with E-state index in [1.54, 1.807) is 0 Å². The van der Waals surface area contributed by atoms with Gasteiger partial charge < -0.3 is 4.42 Å². The zero-order chi connectivity index (χ0) is 22.3. The molecule has 0 saturated heterocycles. The maximum absolute atomic E-state index is 10.4. The smallest absolute Gasteiger partial charge is 0.216 e. The fourth-order valence-corrected chi connectivity index (χ4v) is 7.94. The Morgan fingerprint density at radius 1 is 0.879 bits per heavy atom. The normalized spacial score (nSPS) is 28.0. The minimum absolute atomic E-state index is 0.526. The van der Waals surface area contributed by atoms with Gasteiger partial charge in [0.2, 0.25) is 5.69 Å².